The highest BCUT2D eigenvalue weighted by molar-refractivity contribution is 9.25. The Kier molecular flexibility index (Phi) is 2.50. The van der Waals surface area contributed by atoms with Gasteiger partial charge in [0, 0.05) is 0 Å². The van der Waals surface area contributed by atoms with Gasteiger partial charge < -0.3 is 5.32 Å². The molecule has 1 aromatic rings. The van der Waals surface area contributed by atoms with Gasteiger partial charge in [-0.25, -0.2) is 4.98 Å². The molecular weight excluding hydrogens is 361 g/mol. The predicted molar refractivity (Wildman–Crippen MR) is 60.2 cm³/mol. The average molecular weight is 362 g/mol. The summed E-state index contributed by atoms with van der Waals surface area (Å²) in [5.74, 6) is -0.000262. The molecule has 2 rings (SSSR count). The van der Waals surface area contributed by atoms with E-state index in [1.807, 2.05) is 0 Å². The van der Waals surface area contributed by atoms with Crippen molar-refractivity contribution in [2.75, 3.05) is 5.32 Å². The fourth-order valence-electron chi connectivity index (χ4n) is 1.08. The monoisotopic (exact) mass is 359 g/mol. The molecule has 14 heavy (non-hydrogen) atoms. The molecule has 1 aliphatic rings. The number of fused-ring (bicyclic) bond motifs is 1. The molecule has 1 aliphatic heterocycles. The van der Waals surface area contributed by atoms with Gasteiger partial charge in [-0.3, -0.25) is 4.79 Å². The molecule has 0 saturated carbocycles. The molecule has 0 unspecified atom stereocenters. The Bertz CT molecular complexity index is 437. The van der Waals surface area contributed by atoms with E-state index >= 15 is 0 Å². The van der Waals surface area contributed by atoms with Crippen LogP contribution in [-0.2, 0) is 8.03 Å². The molecule has 0 atom stereocenters. The minimum atomic E-state index is -1.07. The standard InChI is InChI=1S/C6HBr2Cl2N3O/c7-6(8)1-2(9)11-5(10)13-3(1)12-4(6)14/h(H,11,12,13,14). The second-order valence-electron chi connectivity index (χ2n) is 2.54. The number of carbonyl (C=O) groups excluding carboxylic acids is 1. The highest BCUT2D eigenvalue weighted by atomic mass is 79.9. The molecule has 1 amide bonds. The van der Waals surface area contributed by atoms with Crippen LogP contribution < -0.4 is 5.32 Å². The third-order valence-corrected chi connectivity index (χ3v) is 3.62. The van der Waals surface area contributed by atoms with Gasteiger partial charge in [0.25, 0.3) is 5.91 Å². The van der Waals surface area contributed by atoms with E-state index in [4.69, 9.17) is 23.2 Å². The van der Waals surface area contributed by atoms with Gasteiger partial charge in [0.1, 0.15) is 11.0 Å². The third-order valence-electron chi connectivity index (χ3n) is 1.67. The van der Waals surface area contributed by atoms with Crippen molar-refractivity contribution in [3.8, 4) is 0 Å². The van der Waals surface area contributed by atoms with Crippen LogP contribution in [-0.4, -0.2) is 15.9 Å². The Balaban J connectivity index is 2.71. The van der Waals surface area contributed by atoms with Crippen molar-refractivity contribution in [1.82, 2.24) is 9.97 Å². The van der Waals surface area contributed by atoms with Crippen LogP contribution in [0.1, 0.15) is 5.56 Å². The summed E-state index contributed by atoms with van der Waals surface area (Å²) in [7, 11) is 0. The van der Waals surface area contributed by atoms with Crippen LogP contribution in [0.15, 0.2) is 0 Å². The van der Waals surface area contributed by atoms with Crippen molar-refractivity contribution in [3.63, 3.8) is 0 Å². The van der Waals surface area contributed by atoms with Crippen LogP contribution in [0.25, 0.3) is 0 Å². The van der Waals surface area contributed by atoms with Crippen LogP contribution in [0.3, 0.4) is 0 Å². The lowest BCUT2D eigenvalue weighted by Crippen LogP contribution is -2.20. The smallest absolute Gasteiger partial charge is 0.258 e. The summed E-state index contributed by atoms with van der Waals surface area (Å²) in [5, 5.41) is 2.64. The van der Waals surface area contributed by atoms with Gasteiger partial charge >= 0.3 is 0 Å². The molecular formula is C6HBr2Cl2N3O. The summed E-state index contributed by atoms with van der Waals surface area (Å²) in [6, 6.07) is 0. The van der Waals surface area contributed by atoms with Gasteiger partial charge in [0.15, 0.2) is 3.23 Å². The van der Waals surface area contributed by atoms with Crippen molar-refractivity contribution >= 4 is 66.8 Å². The Morgan fingerprint density at radius 1 is 1.29 bits per heavy atom. The number of rotatable bonds is 0. The largest absolute Gasteiger partial charge is 0.308 e. The zero-order valence-corrected chi connectivity index (χ0v) is 11.0. The maximum atomic E-state index is 11.4. The molecule has 1 aromatic heterocycles. The van der Waals surface area contributed by atoms with Crippen LogP contribution >= 0.6 is 55.1 Å². The topological polar surface area (TPSA) is 54.9 Å². The molecule has 0 spiro atoms. The van der Waals surface area contributed by atoms with Gasteiger partial charge in [0.2, 0.25) is 5.28 Å². The molecule has 0 fully saturated rings. The second-order valence-corrected chi connectivity index (χ2v) is 6.67. The van der Waals surface area contributed by atoms with Crippen LogP contribution in [0.2, 0.25) is 10.4 Å². The molecule has 0 radical (unpaired) electrons. The van der Waals surface area contributed by atoms with E-state index in [0.29, 0.717) is 11.4 Å². The zero-order valence-electron chi connectivity index (χ0n) is 6.31. The van der Waals surface area contributed by atoms with Crippen molar-refractivity contribution in [2.24, 2.45) is 0 Å². The van der Waals surface area contributed by atoms with Crippen molar-refractivity contribution in [2.45, 2.75) is 3.23 Å². The van der Waals surface area contributed by atoms with Crippen LogP contribution in [0.4, 0.5) is 5.82 Å². The van der Waals surface area contributed by atoms with E-state index in [0.717, 1.165) is 0 Å². The van der Waals surface area contributed by atoms with E-state index in [1.54, 1.807) is 0 Å². The molecule has 4 nitrogen and oxygen atoms in total. The molecule has 0 saturated heterocycles. The van der Waals surface area contributed by atoms with E-state index in [1.165, 1.54) is 0 Å². The fraction of sp³-hybridized carbons (Fsp3) is 0.167. The number of nitrogens with zero attached hydrogens (tertiary/aromatic N) is 2. The molecule has 2 heterocycles. The SMILES string of the molecule is O=C1Nc2nc(Cl)nc(Cl)c2C1(Br)Br. The van der Waals surface area contributed by atoms with Gasteiger partial charge in [-0.05, 0) is 11.6 Å². The highest BCUT2D eigenvalue weighted by Gasteiger charge is 2.46. The predicted octanol–water partition coefficient (Wildman–Crippen LogP) is 2.68. The van der Waals surface area contributed by atoms with Gasteiger partial charge in [-0.1, -0.05) is 43.5 Å². The Morgan fingerprint density at radius 3 is 2.57 bits per heavy atom. The van der Waals surface area contributed by atoms with E-state index in [2.05, 4.69) is 47.1 Å². The van der Waals surface area contributed by atoms with Crippen LogP contribution in [0, 0.1) is 0 Å². The maximum absolute atomic E-state index is 11.4. The van der Waals surface area contributed by atoms with Crippen molar-refractivity contribution in [1.29, 1.82) is 0 Å². The third kappa shape index (κ3) is 1.44. The first-order chi connectivity index (χ1) is 6.43. The van der Waals surface area contributed by atoms with Gasteiger partial charge in [-0.15, -0.1) is 0 Å². The van der Waals surface area contributed by atoms with E-state index < -0.39 is 3.23 Å². The average Bonchev–Trinajstić information content (AvgIpc) is 2.21. The Morgan fingerprint density at radius 2 is 1.93 bits per heavy atom. The van der Waals surface area contributed by atoms with Gasteiger partial charge in [0.05, 0.1) is 5.56 Å². The summed E-state index contributed by atoms with van der Waals surface area (Å²) >= 11 is 17.8. The quantitative estimate of drug-likeness (QED) is 0.439. The number of amides is 1. The summed E-state index contributed by atoms with van der Waals surface area (Å²) < 4.78 is -1.07. The number of halogens is 4. The minimum absolute atomic E-state index is 0.00764. The van der Waals surface area contributed by atoms with Crippen molar-refractivity contribution in [3.05, 3.63) is 16.0 Å². The summed E-state index contributed by atoms with van der Waals surface area (Å²) in [6.45, 7) is 0. The molecule has 0 aromatic carbocycles. The number of hydrogen-bond donors (Lipinski definition) is 1. The highest BCUT2D eigenvalue weighted by Crippen LogP contribution is 2.49. The summed E-state index contributed by atoms with van der Waals surface area (Å²) in [4.78, 5) is 19.0. The molecule has 74 valence electrons. The number of alkyl halides is 2. The fourth-order valence-corrected chi connectivity index (χ4v) is 2.78. The molecule has 0 aliphatic carbocycles. The summed E-state index contributed by atoms with van der Waals surface area (Å²) in [5.41, 5.74) is 0.438. The Labute approximate surface area is 106 Å². The van der Waals surface area contributed by atoms with E-state index in [-0.39, 0.29) is 16.3 Å². The summed E-state index contributed by atoms with van der Waals surface area (Å²) in [6.07, 6.45) is 0. The second kappa shape index (κ2) is 3.30. The molecule has 0 bridgehead atoms. The lowest BCUT2D eigenvalue weighted by atomic mass is 10.3. The number of hydrogen-bond acceptors (Lipinski definition) is 3. The first kappa shape index (κ1) is 10.6. The minimum Gasteiger partial charge on any atom is -0.308 e. The number of anilines is 1. The molecule has 8 heteroatoms. The Hall–Kier alpha value is 0.0900. The lowest BCUT2D eigenvalue weighted by Gasteiger charge is -2.10. The molecule has 1 N–H and O–H groups in total. The number of carbonyl (C=O) groups is 1. The zero-order chi connectivity index (χ0) is 10.5. The maximum Gasteiger partial charge on any atom is 0.258 e. The number of nitrogens with one attached hydrogen (secondary N) is 1. The van der Waals surface area contributed by atoms with Crippen molar-refractivity contribution < 1.29 is 4.79 Å². The van der Waals surface area contributed by atoms with E-state index in [9.17, 15) is 4.79 Å². The first-order valence-electron chi connectivity index (χ1n) is 3.35. The van der Waals surface area contributed by atoms with Gasteiger partial charge in [-0.2, -0.15) is 4.98 Å². The van der Waals surface area contributed by atoms with Crippen LogP contribution in [0.5, 0.6) is 0 Å². The lowest BCUT2D eigenvalue weighted by molar-refractivity contribution is -0.115. The normalized spacial score (nSPS) is 17.9. The number of aromatic nitrogens is 2. The first-order valence-corrected chi connectivity index (χ1v) is 5.70.